The first-order chi connectivity index (χ1) is 10.6. The Balaban J connectivity index is 1.68. The Morgan fingerprint density at radius 3 is 2.68 bits per heavy atom. The van der Waals surface area contributed by atoms with Crippen LogP contribution < -0.4 is 5.32 Å². The summed E-state index contributed by atoms with van der Waals surface area (Å²) in [5, 5.41) is 4.09. The molecule has 0 bridgehead atoms. The third kappa shape index (κ3) is 3.22. The molecule has 1 N–H and O–H groups in total. The lowest BCUT2D eigenvalue weighted by atomic mass is 10.1. The van der Waals surface area contributed by atoms with Crippen LogP contribution in [0.3, 0.4) is 0 Å². The Kier molecular flexibility index (Phi) is 4.29. The number of fused-ring (bicyclic) bond motifs is 1. The Labute approximate surface area is 137 Å². The molecular formula is C18H16BrNO2. The fourth-order valence-corrected chi connectivity index (χ4v) is 2.90. The average molecular weight is 358 g/mol. The number of benzene rings is 2. The lowest BCUT2D eigenvalue weighted by Gasteiger charge is -2.13. The molecule has 3 nitrogen and oxygen atoms in total. The second kappa shape index (κ2) is 6.36. The van der Waals surface area contributed by atoms with Crippen LogP contribution in [-0.4, -0.2) is 11.9 Å². The summed E-state index contributed by atoms with van der Waals surface area (Å²) in [6, 6.07) is 17.3. The van der Waals surface area contributed by atoms with Crippen molar-refractivity contribution in [1.29, 1.82) is 0 Å². The van der Waals surface area contributed by atoms with E-state index in [4.69, 9.17) is 4.42 Å². The molecule has 3 rings (SSSR count). The van der Waals surface area contributed by atoms with Gasteiger partial charge in [0.2, 0.25) is 0 Å². The van der Waals surface area contributed by atoms with E-state index in [1.165, 1.54) is 0 Å². The molecule has 1 heterocycles. The second-order valence-corrected chi connectivity index (χ2v) is 6.16. The molecule has 1 amide bonds. The molecule has 112 valence electrons. The maximum atomic E-state index is 12.3. The van der Waals surface area contributed by atoms with Gasteiger partial charge in [-0.25, -0.2) is 0 Å². The highest BCUT2D eigenvalue weighted by atomic mass is 79.9. The minimum atomic E-state index is -0.0870. The van der Waals surface area contributed by atoms with Crippen LogP contribution in [0.25, 0.3) is 11.0 Å². The molecule has 0 unspecified atom stereocenters. The van der Waals surface area contributed by atoms with Gasteiger partial charge in [0, 0.05) is 22.3 Å². The highest BCUT2D eigenvalue weighted by molar-refractivity contribution is 9.10. The molecule has 0 radical (unpaired) electrons. The van der Waals surface area contributed by atoms with E-state index >= 15 is 0 Å². The predicted octanol–water partition coefficient (Wildman–Crippen LogP) is 4.56. The molecule has 0 spiro atoms. The van der Waals surface area contributed by atoms with Crippen molar-refractivity contribution < 1.29 is 9.21 Å². The summed E-state index contributed by atoms with van der Waals surface area (Å²) in [4.78, 5) is 12.3. The van der Waals surface area contributed by atoms with Gasteiger partial charge in [-0.3, -0.25) is 4.79 Å². The maximum absolute atomic E-state index is 12.3. The van der Waals surface area contributed by atoms with Crippen LogP contribution in [0.4, 0.5) is 0 Å². The fourth-order valence-electron chi connectivity index (χ4n) is 2.44. The molecule has 4 heteroatoms. The quantitative estimate of drug-likeness (QED) is 0.743. The van der Waals surface area contributed by atoms with Crippen molar-refractivity contribution in [1.82, 2.24) is 5.32 Å². The molecule has 1 atom stereocenters. The molecule has 0 aliphatic heterocycles. The van der Waals surface area contributed by atoms with E-state index in [1.54, 1.807) is 6.07 Å². The molecule has 2 aromatic carbocycles. The summed E-state index contributed by atoms with van der Waals surface area (Å²) in [5.74, 6) is 0.789. The van der Waals surface area contributed by atoms with E-state index in [0.717, 1.165) is 21.2 Å². The number of furan rings is 1. The summed E-state index contributed by atoms with van der Waals surface area (Å²) in [6.07, 6.45) is 0.658. The van der Waals surface area contributed by atoms with Gasteiger partial charge in [-0.1, -0.05) is 30.3 Å². The van der Waals surface area contributed by atoms with E-state index < -0.39 is 0 Å². The summed E-state index contributed by atoms with van der Waals surface area (Å²) in [7, 11) is 0. The van der Waals surface area contributed by atoms with Crippen molar-refractivity contribution >= 4 is 32.8 Å². The van der Waals surface area contributed by atoms with Crippen LogP contribution in [0.15, 0.2) is 63.5 Å². The van der Waals surface area contributed by atoms with E-state index in [-0.39, 0.29) is 11.9 Å². The van der Waals surface area contributed by atoms with Crippen molar-refractivity contribution in [3.63, 3.8) is 0 Å². The van der Waals surface area contributed by atoms with Gasteiger partial charge in [0.05, 0.1) is 5.56 Å². The normalized spacial score (nSPS) is 12.3. The monoisotopic (exact) mass is 357 g/mol. The number of rotatable bonds is 4. The Bertz CT molecular complexity index is 776. The van der Waals surface area contributed by atoms with Crippen molar-refractivity contribution in [2.45, 2.75) is 19.4 Å². The maximum Gasteiger partial charge on any atom is 0.252 e. The molecule has 1 aromatic heterocycles. The number of hydrogen-bond acceptors (Lipinski definition) is 2. The minimum Gasteiger partial charge on any atom is -0.461 e. The minimum absolute atomic E-state index is 0.0137. The van der Waals surface area contributed by atoms with Crippen LogP contribution in [0.5, 0.6) is 0 Å². The van der Waals surface area contributed by atoms with E-state index in [9.17, 15) is 4.79 Å². The van der Waals surface area contributed by atoms with Gasteiger partial charge in [0.25, 0.3) is 5.91 Å². The number of para-hydroxylation sites is 1. The summed E-state index contributed by atoms with van der Waals surface area (Å²) < 4.78 is 6.58. The summed E-state index contributed by atoms with van der Waals surface area (Å²) in [5.41, 5.74) is 1.51. The zero-order valence-electron chi connectivity index (χ0n) is 12.2. The lowest BCUT2D eigenvalue weighted by Crippen LogP contribution is -2.34. The lowest BCUT2D eigenvalue weighted by molar-refractivity contribution is 0.0938. The van der Waals surface area contributed by atoms with Crippen molar-refractivity contribution in [2.24, 2.45) is 0 Å². The van der Waals surface area contributed by atoms with Gasteiger partial charge < -0.3 is 9.73 Å². The highest BCUT2D eigenvalue weighted by Gasteiger charge is 2.14. The zero-order chi connectivity index (χ0) is 15.5. The number of carbonyl (C=O) groups excluding carboxylic acids is 1. The molecule has 0 aliphatic carbocycles. The largest absolute Gasteiger partial charge is 0.461 e. The van der Waals surface area contributed by atoms with Crippen molar-refractivity contribution in [3.05, 3.63) is 70.4 Å². The van der Waals surface area contributed by atoms with E-state index in [1.807, 2.05) is 55.5 Å². The standard InChI is InChI=1S/C18H16BrNO2/c1-12(20-18(21)15-7-3-4-8-16(15)19)10-14-11-13-6-2-5-9-17(13)22-14/h2-9,11-12H,10H2,1H3,(H,20,21)/t12-/m1/s1. The summed E-state index contributed by atoms with van der Waals surface area (Å²) in [6.45, 7) is 1.97. The van der Waals surface area contributed by atoms with Gasteiger partial charge in [-0.2, -0.15) is 0 Å². The van der Waals surface area contributed by atoms with Gasteiger partial charge in [0.1, 0.15) is 11.3 Å². The van der Waals surface area contributed by atoms with Crippen LogP contribution in [0.1, 0.15) is 23.0 Å². The van der Waals surface area contributed by atoms with Crippen LogP contribution in [0.2, 0.25) is 0 Å². The Morgan fingerprint density at radius 1 is 1.18 bits per heavy atom. The summed E-state index contributed by atoms with van der Waals surface area (Å²) >= 11 is 3.40. The van der Waals surface area contributed by atoms with Crippen molar-refractivity contribution in [3.8, 4) is 0 Å². The number of hydrogen-bond donors (Lipinski definition) is 1. The smallest absolute Gasteiger partial charge is 0.252 e. The van der Waals surface area contributed by atoms with Gasteiger partial charge in [0.15, 0.2) is 0 Å². The van der Waals surface area contributed by atoms with E-state index in [2.05, 4.69) is 21.2 Å². The first-order valence-corrected chi connectivity index (χ1v) is 7.95. The predicted molar refractivity (Wildman–Crippen MR) is 91.0 cm³/mol. The topological polar surface area (TPSA) is 42.2 Å². The SMILES string of the molecule is C[C@H](Cc1cc2ccccc2o1)NC(=O)c1ccccc1Br. The first-order valence-electron chi connectivity index (χ1n) is 7.16. The third-order valence-electron chi connectivity index (χ3n) is 3.48. The Morgan fingerprint density at radius 2 is 1.91 bits per heavy atom. The molecular weight excluding hydrogens is 342 g/mol. The first kappa shape index (κ1) is 14.9. The van der Waals surface area contributed by atoms with Gasteiger partial charge in [-0.05, 0) is 47.1 Å². The van der Waals surface area contributed by atoms with Gasteiger partial charge >= 0.3 is 0 Å². The third-order valence-corrected chi connectivity index (χ3v) is 4.17. The molecule has 22 heavy (non-hydrogen) atoms. The zero-order valence-corrected chi connectivity index (χ0v) is 13.8. The number of amides is 1. The van der Waals surface area contributed by atoms with Crippen LogP contribution >= 0.6 is 15.9 Å². The fraction of sp³-hybridized carbons (Fsp3) is 0.167. The molecule has 0 saturated heterocycles. The molecule has 3 aromatic rings. The second-order valence-electron chi connectivity index (χ2n) is 5.31. The highest BCUT2D eigenvalue weighted by Crippen LogP contribution is 2.20. The molecule has 0 saturated carbocycles. The van der Waals surface area contributed by atoms with Crippen molar-refractivity contribution in [2.75, 3.05) is 0 Å². The number of carbonyl (C=O) groups is 1. The van der Waals surface area contributed by atoms with Crippen LogP contribution in [-0.2, 0) is 6.42 Å². The number of halogens is 1. The Hall–Kier alpha value is -2.07. The van der Waals surface area contributed by atoms with E-state index in [0.29, 0.717) is 12.0 Å². The molecule has 0 aliphatic rings. The van der Waals surface area contributed by atoms with Crippen LogP contribution in [0, 0.1) is 0 Å². The average Bonchev–Trinajstić information content (AvgIpc) is 2.89. The molecule has 0 fully saturated rings. The number of nitrogens with one attached hydrogen (secondary N) is 1. The van der Waals surface area contributed by atoms with Gasteiger partial charge in [-0.15, -0.1) is 0 Å².